The highest BCUT2D eigenvalue weighted by Crippen LogP contribution is 2.20. The molecule has 0 atom stereocenters. The van der Waals surface area contributed by atoms with Crippen molar-refractivity contribution < 1.29 is 4.79 Å². The van der Waals surface area contributed by atoms with Crippen molar-refractivity contribution in [2.75, 3.05) is 25.0 Å². The molecule has 0 unspecified atom stereocenters. The van der Waals surface area contributed by atoms with E-state index in [-0.39, 0.29) is 5.91 Å². The van der Waals surface area contributed by atoms with Gasteiger partial charge in [0.2, 0.25) is 5.95 Å². The van der Waals surface area contributed by atoms with Crippen LogP contribution in [0.4, 0.5) is 5.95 Å². The van der Waals surface area contributed by atoms with Gasteiger partial charge in [0, 0.05) is 32.0 Å². The third kappa shape index (κ3) is 5.34. The molecule has 0 bridgehead atoms. The lowest BCUT2D eigenvalue weighted by Crippen LogP contribution is -2.33. The zero-order valence-corrected chi connectivity index (χ0v) is 14.3. The van der Waals surface area contributed by atoms with Gasteiger partial charge >= 0.3 is 0 Å². The topological polar surface area (TPSA) is 58.1 Å². The van der Waals surface area contributed by atoms with E-state index in [9.17, 15) is 4.79 Å². The molecule has 1 aliphatic carbocycles. The molecule has 1 heterocycles. The molecular formula is C18H28N4O. The van der Waals surface area contributed by atoms with Gasteiger partial charge in [-0.3, -0.25) is 4.79 Å². The summed E-state index contributed by atoms with van der Waals surface area (Å²) in [5.41, 5.74) is 2.07. The number of carbonyl (C=O) groups excluding carboxylic acids is 1. The molecule has 0 fully saturated rings. The van der Waals surface area contributed by atoms with E-state index in [0.29, 0.717) is 11.5 Å². The van der Waals surface area contributed by atoms with Gasteiger partial charge in [0.25, 0.3) is 5.91 Å². The summed E-state index contributed by atoms with van der Waals surface area (Å²) in [5, 5.41) is 3.04. The molecule has 0 aliphatic heterocycles. The molecular weight excluding hydrogens is 288 g/mol. The maximum absolute atomic E-state index is 12.7. The van der Waals surface area contributed by atoms with E-state index in [4.69, 9.17) is 0 Å². The lowest BCUT2D eigenvalue weighted by Gasteiger charge is -2.23. The molecule has 0 saturated heterocycles. The summed E-state index contributed by atoms with van der Waals surface area (Å²) in [7, 11) is 0. The number of nitrogens with zero attached hydrogens (tertiary/aromatic N) is 3. The van der Waals surface area contributed by atoms with Crippen molar-refractivity contribution in [1.29, 1.82) is 0 Å². The molecule has 23 heavy (non-hydrogen) atoms. The second-order valence-electron chi connectivity index (χ2n) is 5.98. The second kappa shape index (κ2) is 9.28. The van der Waals surface area contributed by atoms with Gasteiger partial charge in [-0.05, 0) is 45.4 Å². The molecule has 5 heteroatoms. The Labute approximate surface area is 139 Å². The Hall–Kier alpha value is -1.91. The van der Waals surface area contributed by atoms with E-state index >= 15 is 0 Å². The molecule has 1 aromatic heterocycles. The second-order valence-corrected chi connectivity index (χ2v) is 5.98. The molecule has 2 rings (SSSR count). The summed E-state index contributed by atoms with van der Waals surface area (Å²) in [5.74, 6) is 0.602. The van der Waals surface area contributed by atoms with Crippen LogP contribution >= 0.6 is 0 Å². The Kier molecular flexibility index (Phi) is 7.04. The van der Waals surface area contributed by atoms with Crippen LogP contribution in [0.2, 0.25) is 0 Å². The molecule has 126 valence electrons. The SMILES string of the molecule is CCCN(CCC1=CCCCC1)C(=O)c1cnc(NCC)nc1. The fourth-order valence-electron chi connectivity index (χ4n) is 2.87. The summed E-state index contributed by atoms with van der Waals surface area (Å²) in [4.78, 5) is 23.0. The van der Waals surface area contributed by atoms with Crippen molar-refractivity contribution in [3.63, 3.8) is 0 Å². The first-order chi connectivity index (χ1) is 11.2. The summed E-state index contributed by atoms with van der Waals surface area (Å²) in [6.07, 6.45) is 12.5. The number of allylic oxidation sites excluding steroid dienone is 1. The van der Waals surface area contributed by atoms with E-state index in [0.717, 1.165) is 32.5 Å². The number of amides is 1. The fourth-order valence-corrected chi connectivity index (χ4v) is 2.87. The number of carbonyl (C=O) groups is 1. The maximum Gasteiger partial charge on any atom is 0.257 e. The highest BCUT2D eigenvalue weighted by atomic mass is 16.2. The first kappa shape index (κ1) is 17.4. The minimum Gasteiger partial charge on any atom is -0.355 e. The van der Waals surface area contributed by atoms with Crippen LogP contribution in [0.3, 0.4) is 0 Å². The molecule has 1 aliphatic rings. The average Bonchev–Trinajstić information content (AvgIpc) is 2.60. The van der Waals surface area contributed by atoms with Gasteiger partial charge in [-0.15, -0.1) is 0 Å². The van der Waals surface area contributed by atoms with E-state index < -0.39 is 0 Å². The van der Waals surface area contributed by atoms with Gasteiger partial charge < -0.3 is 10.2 Å². The summed E-state index contributed by atoms with van der Waals surface area (Å²) >= 11 is 0. The van der Waals surface area contributed by atoms with Crippen LogP contribution in [0.1, 0.15) is 62.7 Å². The molecule has 0 radical (unpaired) electrons. The molecule has 0 aromatic carbocycles. The van der Waals surface area contributed by atoms with E-state index in [1.54, 1.807) is 12.4 Å². The first-order valence-corrected chi connectivity index (χ1v) is 8.77. The summed E-state index contributed by atoms with van der Waals surface area (Å²) in [6.45, 7) is 6.43. The van der Waals surface area contributed by atoms with E-state index in [1.165, 1.54) is 31.3 Å². The lowest BCUT2D eigenvalue weighted by molar-refractivity contribution is 0.0756. The number of nitrogens with one attached hydrogen (secondary N) is 1. The Morgan fingerprint density at radius 1 is 1.22 bits per heavy atom. The normalized spacial score (nSPS) is 14.3. The monoisotopic (exact) mass is 316 g/mol. The highest BCUT2D eigenvalue weighted by molar-refractivity contribution is 5.93. The van der Waals surface area contributed by atoms with Crippen molar-refractivity contribution in [3.05, 3.63) is 29.6 Å². The van der Waals surface area contributed by atoms with Crippen molar-refractivity contribution in [3.8, 4) is 0 Å². The molecule has 0 spiro atoms. The molecule has 0 saturated carbocycles. The highest BCUT2D eigenvalue weighted by Gasteiger charge is 2.16. The Balaban J connectivity index is 1.97. The van der Waals surface area contributed by atoms with Gasteiger partial charge in [0.1, 0.15) is 0 Å². The number of hydrogen-bond donors (Lipinski definition) is 1. The number of aromatic nitrogens is 2. The quantitative estimate of drug-likeness (QED) is 0.744. The molecule has 1 aromatic rings. The van der Waals surface area contributed by atoms with Crippen molar-refractivity contribution in [2.45, 2.75) is 52.4 Å². The van der Waals surface area contributed by atoms with Crippen LogP contribution in [0.25, 0.3) is 0 Å². The number of anilines is 1. The standard InChI is InChI=1S/C18H28N4O/c1-3-11-22(12-10-15-8-6-5-7-9-15)17(23)16-13-20-18(19-4-2)21-14-16/h8,13-14H,3-7,9-12H2,1-2H3,(H,19,20,21). The minimum absolute atomic E-state index is 0.0336. The predicted molar refractivity (Wildman–Crippen MR) is 93.6 cm³/mol. The predicted octanol–water partition coefficient (Wildman–Crippen LogP) is 3.65. The zero-order chi connectivity index (χ0) is 16.5. The van der Waals surface area contributed by atoms with Crippen LogP contribution in [0.5, 0.6) is 0 Å². The number of rotatable bonds is 8. The van der Waals surface area contributed by atoms with Gasteiger partial charge in [-0.25, -0.2) is 9.97 Å². The Morgan fingerprint density at radius 2 is 2.00 bits per heavy atom. The van der Waals surface area contributed by atoms with Gasteiger partial charge in [0.05, 0.1) is 5.56 Å². The zero-order valence-electron chi connectivity index (χ0n) is 14.3. The smallest absolute Gasteiger partial charge is 0.257 e. The van der Waals surface area contributed by atoms with Gasteiger partial charge in [-0.2, -0.15) is 0 Å². The van der Waals surface area contributed by atoms with Gasteiger partial charge in [0.15, 0.2) is 0 Å². The third-order valence-corrected chi connectivity index (χ3v) is 4.10. The van der Waals surface area contributed by atoms with Crippen molar-refractivity contribution >= 4 is 11.9 Å². The Morgan fingerprint density at radius 3 is 2.61 bits per heavy atom. The average molecular weight is 316 g/mol. The molecule has 5 nitrogen and oxygen atoms in total. The largest absolute Gasteiger partial charge is 0.355 e. The van der Waals surface area contributed by atoms with Crippen LogP contribution in [0.15, 0.2) is 24.0 Å². The maximum atomic E-state index is 12.7. The van der Waals surface area contributed by atoms with E-state index in [1.807, 2.05) is 11.8 Å². The summed E-state index contributed by atoms with van der Waals surface area (Å²) in [6, 6.07) is 0. The van der Waals surface area contributed by atoms with Crippen LogP contribution in [-0.4, -0.2) is 40.4 Å². The third-order valence-electron chi connectivity index (χ3n) is 4.10. The lowest BCUT2D eigenvalue weighted by atomic mass is 9.97. The van der Waals surface area contributed by atoms with Crippen LogP contribution in [0, 0.1) is 0 Å². The minimum atomic E-state index is 0.0336. The van der Waals surface area contributed by atoms with Crippen LogP contribution in [-0.2, 0) is 0 Å². The molecule has 1 amide bonds. The van der Waals surface area contributed by atoms with Gasteiger partial charge in [-0.1, -0.05) is 18.6 Å². The first-order valence-electron chi connectivity index (χ1n) is 8.77. The van der Waals surface area contributed by atoms with Crippen LogP contribution < -0.4 is 5.32 Å². The summed E-state index contributed by atoms with van der Waals surface area (Å²) < 4.78 is 0. The van der Waals surface area contributed by atoms with Crippen molar-refractivity contribution in [1.82, 2.24) is 14.9 Å². The Bertz CT molecular complexity index is 524. The van der Waals surface area contributed by atoms with Crippen molar-refractivity contribution in [2.24, 2.45) is 0 Å². The molecule has 1 N–H and O–H groups in total. The van der Waals surface area contributed by atoms with E-state index in [2.05, 4.69) is 28.3 Å². The fraction of sp³-hybridized carbons (Fsp3) is 0.611. The number of hydrogen-bond acceptors (Lipinski definition) is 4.